The van der Waals surface area contributed by atoms with Gasteiger partial charge in [0.15, 0.2) is 4.77 Å². The van der Waals surface area contributed by atoms with E-state index >= 15 is 0 Å². The van der Waals surface area contributed by atoms with E-state index in [1.165, 1.54) is 12.8 Å². The zero-order chi connectivity index (χ0) is 14.8. The van der Waals surface area contributed by atoms with Crippen molar-refractivity contribution in [2.75, 3.05) is 13.2 Å². The number of allylic oxidation sites excluding steroid dienone is 1. The van der Waals surface area contributed by atoms with Gasteiger partial charge in [-0.25, -0.2) is 0 Å². The van der Waals surface area contributed by atoms with E-state index in [1.54, 1.807) is 6.08 Å². The van der Waals surface area contributed by atoms with Crippen molar-refractivity contribution < 1.29 is 9.84 Å². The van der Waals surface area contributed by atoms with Crippen LogP contribution in [0, 0.1) is 4.77 Å². The minimum atomic E-state index is -0.459. The summed E-state index contributed by atoms with van der Waals surface area (Å²) in [5, 5.41) is 16.8. The van der Waals surface area contributed by atoms with Crippen LogP contribution in [0.15, 0.2) is 12.7 Å². The first-order chi connectivity index (χ1) is 9.69. The zero-order valence-corrected chi connectivity index (χ0v) is 13.0. The number of aromatic nitrogens is 3. The highest BCUT2D eigenvalue weighted by Gasteiger charge is 2.09. The first kappa shape index (κ1) is 17.1. The average molecular weight is 299 g/mol. The van der Waals surface area contributed by atoms with Crippen LogP contribution in [0.4, 0.5) is 0 Å². The van der Waals surface area contributed by atoms with E-state index < -0.39 is 6.10 Å². The van der Waals surface area contributed by atoms with Crippen molar-refractivity contribution in [2.45, 2.75) is 51.7 Å². The molecule has 0 radical (unpaired) electrons. The zero-order valence-electron chi connectivity index (χ0n) is 12.2. The van der Waals surface area contributed by atoms with E-state index in [0.717, 1.165) is 18.9 Å². The summed E-state index contributed by atoms with van der Waals surface area (Å²) in [6, 6.07) is 0. The SMILES string of the molecule is C=CCn1c(CCC(O)COCCCCC)n[nH]c1=S. The van der Waals surface area contributed by atoms with Crippen LogP contribution in [0.25, 0.3) is 0 Å². The Labute approximate surface area is 125 Å². The van der Waals surface area contributed by atoms with Gasteiger partial charge in [0.25, 0.3) is 0 Å². The minimum Gasteiger partial charge on any atom is -0.391 e. The van der Waals surface area contributed by atoms with Crippen molar-refractivity contribution in [3.8, 4) is 0 Å². The molecule has 0 amide bonds. The molecular weight excluding hydrogens is 274 g/mol. The van der Waals surface area contributed by atoms with Crippen LogP contribution in [-0.4, -0.2) is 39.2 Å². The van der Waals surface area contributed by atoms with Gasteiger partial charge in [0.05, 0.1) is 12.7 Å². The number of hydrogen-bond acceptors (Lipinski definition) is 4. The summed E-state index contributed by atoms with van der Waals surface area (Å²) in [5.74, 6) is 0.847. The van der Waals surface area contributed by atoms with Crippen LogP contribution >= 0.6 is 12.2 Å². The van der Waals surface area contributed by atoms with Gasteiger partial charge in [0.1, 0.15) is 5.82 Å². The third kappa shape index (κ3) is 5.98. The molecule has 5 nitrogen and oxygen atoms in total. The van der Waals surface area contributed by atoms with E-state index in [2.05, 4.69) is 23.7 Å². The van der Waals surface area contributed by atoms with Gasteiger partial charge in [-0.1, -0.05) is 25.8 Å². The minimum absolute atomic E-state index is 0.385. The number of unbranched alkanes of at least 4 members (excludes halogenated alkanes) is 2. The van der Waals surface area contributed by atoms with E-state index in [-0.39, 0.29) is 0 Å². The van der Waals surface area contributed by atoms with Gasteiger partial charge in [-0.05, 0) is 25.1 Å². The molecule has 1 unspecified atom stereocenters. The van der Waals surface area contributed by atoms with Crippen molar-refractivity contribution in [2.24, 2.45) is 0 Å². The van der Waals surface area contributed by atoms with E-state index in [4.69, 9.17) is 17.0 Å². The van der Waals surface area contributed by atoms with Crippen LogP contribution in [0.1, 0.15) is 38.4 Å². The lowest BCUT2D eigenvalue weighted by atomic mass is 10.2. The quantitative estimate of drug-likeness (QED) is 0.374. The summed E-state index contributed by atoms with van der Waals surface area (Å²) in [4.78, 5) is 0. The highest BCUT2D eigenvalue weighted by molar-refractivity contribution is 7.71. The van der Waals surface area contributed by atoms with Gasteiger partial charge >= 0.3 is 0 Å². The van der Waals surface area contributed by atoms with Crippen LogP contribution in [0.2, 0.25) is 0 Å². The smallest absolute Gasteiger partial charge is 0.195 e. The fraction of sp³-hybridized carbons (Fsp3) is 0.714. The molecule has 1 aromatic heterocycles. The summed E-state index contributed by atoms with van der Waals surface area (Å²) < 4.78 is 7.92. The van der Waals surface area contributed by atoms with Crippen LogP contribution in [0.3, 0.4) is 0 Å². The number of H-pyrrole nitrogens is 1. The maximum Gasteiger partial charge on any atom is 0.195 e. The Morgan fingerprint density at radius 1 is 1.55 bits per heavy atom. The largest absolute Gasteiger partial charge is 0.391 e. The lowest BCUT2D eigenvalue weighted by Gasteiger charge is -2.11. The van der Waals surface area contributed by atoms with Crippen molar-refractivity contribution in [3.63, 3.8) is 0 Å². The molecule has 0 fully saturated rings. The maximum atomic E-state index is 9.88. The monoisotopic (exact) mass is 299 g/mol. The second-order valence-electron chi connectivity index (χ2n) is 4.82. The second kappa shape index (κ2) is 9.85. The molecule has 114 valence electrons. The number of aliphatic hydroxyl groups excluding tert-OH is 1. The summed E-state index contributed by atoms with van der Waals surface area (Å²) in [7, 11) is 0. The van der Waals surface area contributed by atoms with Crippen molar-refractivity contribution in [1.29, 1.82) is 0 Å². The lowest BCUT2D eigenvalue weighted by molar-refractivity contribution is 0.0310. The Bertz CT molecular complexity index is 442. The van der Waals surface area contributed by atoms with Gasteiger partial charge in [0, 0.05) is 19.6 Å². The molecule has 1 heterocycles. The Hall–Kier alpha value is -0.980. The lowest BCUT2D eigenvalue weighted by Crippen LogP contribution is -2.17. The topological polar surface area (TPSA) is 63.1 Å². The van der Waals surface area contributed by atoms with Gasteiger partial charge in [-0.3, -0.25) is 5.10 Å². The molecule has 0 aliphatic carbocycles. The molecule has 2 N–H and O–H groups in total. The first-order valence-electron chi connectivity index (χ1n) is 7.19. The molecule has 1 rings (SSSR count). The van der Waals surface area contributed by atoms with Gasteiger partial charge in [0.2, 0.25) is 0 Å². The van der Waals surface area contributed by atoms with E-state index in [1.807, 2.05) is 4.57 Å². The highest BCUT2D eigenvalue weighted by Crippen LogP contribution is 2.05. The normalized spacial score (nSPS) is 12.5. The van der Waals surface area contributed by atoms with Crippen LogP contribution < -0.4 is 0 Å². The molecule has 1 aromatic rings. The van der Waals surface area contributed by atoms with Crippen LogP contribution in [0.5, 0.6) is 0 Å². The Morgan fingerprint density at radius 2 is 2.35 bits per heavy atom. The van der Waals surface area contributed by atoms with Gasteiger partial charge in [-0.15, -0.1) is 6.58 Å². The number of hydrogen-bond donors (Lipinski definition) is 2. The first-order valence-corrected chi connectivity index (χ1v) is 7.60. The molecule has 0 bridgehead atoms. The predicted molar refractivity (Wildman–Crippen MR) is 82.3 cm³/mol. The highest BCUT2D eigenvalue weighted by atomic mass is 32.1. The molecule has 1 atom stereocenters. The predicted octanol–water partition coefficient (Wildman–Crippen LogP) is 2.63. The number of nitrogens with one attached hydrogen (secondary N) is 1. The molecule has 6 heteroatoms. The number of nitrogens with zero attached hydrogens (tertiary/aromatic N) is 2. The molecule has 0 aliphatic heterocycles. The number of aliphatic hydroxyl groups is 1. The average Bonchev–Trinajstić information content (AvgIpc) is 2.78. The fourth-order valence-corrected chi connectivity index (χ4v) is 2.14. The van der Waals surface area contributed by atoms with Crippen LogP contribution in [-0.2, 0) is 17.7 Å². The molecule has 0 aliphatic rings. The molecule has 0 aromatic carbocycles. The summed E-state index contributed by atoms with van der Waals surface area (Å²) in [5.41, 5.74) is 0. The Kier molecular flexibility index (Phi) is 8.41. The maximum absolute atomic E-state index is 9.88. The number of ether oxygens (including phenoxy) is 1. The van der Waals surface area contributed by atoms with Crippen molar-refractivity contribution in [3.05, 3.63) is 23.3 Å². The summed E-state index contributed by atoms with van der Waals surface area (Å²) in [6.07, 6.45) is 6.01. The number of aromatic amines is 1. The van der Waals surface area contributed by atoms with Crippen molar-refractivity contribution in [1.82, 2.24) is 14.8 Å². The molecule has 0 saturated carbocycles. The van der Waals surface area contributed by atoms with Gasteiger partial charge in [-0.2, -0.15) is 5.10 Å². The third-order valence-corrected chi connectivity index (χ3v) is 3.36. The second-order valence-corrected chi connectivity index (χ2v) is 5.21. The van der Waals surface area contributed by atoms with E-state index in [9.17, 15) is 5.11 Å². The number of rotatable bonds is 11. The fourth-order valence-electron chi connectivity index (χ4n) is 1.91. The summed E-state index contributed by atoms with van der Waals surface area (Å²) >= 11 is 5.14. The molecule has 0 spiro atoms. The summed E-state index contributed by atoms with van der Waals surface area (Å²) in [6.45, 7) is 7.60. The van der Waals surface area contributed by atoms with Crippen molar-refractivity contribution >= 4 is 12.2 Å². The standard InChI is InChI=1S/C14H25N3O2S/c1-3-5-6-10-19-11-12(18)7-8-13-15-16-14(20)17(13)9-4-2/h4,12,18H,2-3,5-11H2,1H3,(H,16,20). The molecule has 20 heavy (non-hydrogen) atoms. The Balaban J connectivity index is 2.28. The Morgan fingerprint density at radius 3 is 3.05 bits per heavy atom. The third-order valence-electron chi connectivity index (χ3n) is 3.05. The van der Waals surface area contributed by atoms with E-state index in [0.29, 0.717) is 30.8 Å². The molecule has 0 saturated heterocycles. The number of aryl methyl sites for hydroxylation is 1. The molecular formula is C14H25N3O2S. The van der Waals surface area contributed by atoms with Gasteiger partial charge < -0.3 is 14.4 Å².